The van der Waals surface area contributed by atoms with E-state index in [0.29, 0.717) is 5.70 Å². The van der Waals surface area contributed by atoms with Crippen LogP contribution in [-0.4, -0.2) is 40.6 Å². The molecule has 1 amide bonds. The summed E-state index contributed by atoms with van der Waals surface area (Å²) in [6, 6.07) is 16.1. The van der Waals surface area contributed by atoms with Crippen LogP contribution in [0.1, 0.15) is 45.2 Å². The van der Waals surface area contributed by atoms with Gasteiger partial charge in [-0.2, -0.15) is 0 Å². The number of non-ortho nitro benzene ring substituents is 1. The van der Waals surface area contributed by atoms with Crippen LogP contribution < -0.4 is 0 Å². The van der Waals surface area contributed by atoms with Crippen molar-refractivity contribution in [3.63, 3.8) is 0 Å². The van der Waals surface area contributed by atoms with E-state index in [1.165, 1.54) is 12.1 Å². The van der Waals surface area contributed by atoms with Gasteiger partial charge in [0.25, 0.3) is 5.69 Å². The second kappa shape index (κ2) is 10.9. The van der Waals surface area contributed by atoms with Gasteiger partial charge in [-0.3, -0.25) is 19.8 Å². The molecule has 1 fully saturated rings. The monoisotopic (exact) mass is 570 g/mol. The molecule has 0 saturated carbocycles. The summed E-state index contributed by atoms with van der Waals surface area (Å²) in [5.74, 6) is -0.247. The fourth-order valence-corrected chi connectivity index (χ4v) is 7.68. The van der Waals surface area contributed by atoms with Gasteiger partial charge in [0.15, 0.2) is 8.32 Å². The first-order valence-corrected chi connectivity index (χ1v) is 16.9. The lowest BCUT2D eigenvalue weighted by Gasteiger charge is -2.49. The number of rotatable bonds is 9. The molecule has 0 aromatic heterocycles. The van der Waals surface area contributed by atoms with Crippen LogP contribution in [0.4, 0.5) is 5.69 Å². The molecule has 0 spiro atoms. The van der Waals surface area contributed by atoms with E-state index in [1.807, 2.05) is 30.3 Å². The SMILES string of the molecule is CC[C@H](O[Si](C)(C)C(C)(C)C)[C@@H]1C(=O)N2C(C(=S)OCc3ccc([N+](=O)[O-])cc3)=C(c3ccccc3)S[C@H]12. The highest BCUT2D eigenvalue weighted by Crippen LogP contribution is 2.55. The van der Waals surface area contributed by atoms with Gasteiger partial charge in [0, 0.05) is 17.0 Å². The molecule has 38 heavy (non-hydrogen) atoms. The molecule has 10 heteroatoms. The van der Waals surface area contributed by atoms with Crippen molar-refractivity contribution in [2.75, 3.05) is 0 Å². The Hall–Kier alpha value is -2.53. The van der Waals surface area contributed by atoms with Gasteiger partial charge in [0.2, 0.25) is 11.0 Å². The van der Waals surface area contributed by atoms with E-state index in [2.05, 4.69) is 40.8 Å². The number of carbonyl (C=O) groups excluding carboxylic acids is 1. The van der Waals surface area contributed by atoms with Gasteiger partial charge >= 0.3 is 0 Å². The number of amides is 1. The summed E-state index contributed by atoms with van der Waals surface area (Å²) in [7, 11) is -2.08. The normalized spacial score (nSPS) is 20.2. The van der Waals surface area contributed by atoms with Gasteiger partial charge < -0.3 is 9.16 Å². The highest BCUT2D eigenvalue weighted by atomic mass is 32.2. The van der Waals surface area contributed by atoms with E-state index in [-0.39, 0.29) is 45.7 Å². The van der Waals surface area contributed by atoms with Crippen molar-refractivity contribution >= 4 is 53.8 Å². The molecule has 0 N–H and O–H groups in total. The van der Waals surface area contributed by atoms with E-state index in [1.54, 1.807) is 28.8 Å². The van der Waals surface area contributed by atoms with Gasteiger partial charge in [0.1, 0.15) is 17.7 Å². The van der Waals surface area contributed by atoms with Gasteiger partial charge in [-0.15, -0.1) is 0 Å². The number of ether oxygens (including phenoxy) is 1. The van der Waals surface area contributed by atoms with Crippen molar-refractivity contribution in [3.05, 3.63) is 81.5 Å². The summed E-state index contributed by atoms with van der Waals surface area (Å²) >= 11 is 7.37. The van der Waals surface area contributed by atoms with Crippen LogP contribution in [-0.2, 0) is 20.6 Å². The number of carbonyl (C=O) groups is 1. The third-order valence-electron chi connectivity index (χ3n) is 7.58. The van der Waals surface area contributed by atoms with Crippen molar-refractivity contribution < 1.29 is 18.9 Å². The van der Waals surface area contributed by atoms with Crippen LogP contribution in [0.25, 0.3) is 4.91 Å². The maximum absolute atomic E-state index is 13.7. The Labute approximate surface area is 234 Å². The molecule has 0 aliphatic carbocycles. The Kier molecular flexibility index (Phi) is 8.18. The number of nitro groups is 1. The predicted molar refractivity (Wildman–Crippen MR) is 158 cm³/mol. The third-order valence-corrected chi connectivity index (χ3v) is 13.8. The van der Waals surface area contributed by atoms with Crippen LogP contribution in [0, 0.1) is 16.0 Å². The van der Waals surface area contributed by atoms with Gasteiger partial charge in [0.05, 0.1) is 16.9 Å². The van der Waals surface area contributed by atoms with Gasteiger partial charge in [-0.05, 0) is 60.0 Å². The van der Waals surface area contributed by atoms with Crippen molar-refractivity contribution in [1.82, 2.24) is 4.90 Å². The van der Waals surface area contributed by atoms with Crippen LogP contribution in [0.2, 0.25) is 18.1 Å². The molecule has 0 unspecified atom stereocenters. The Bertz CT molecular complexity index is 1260. The minimum atomic E-state index is -2.08. The van der Waals surface area contributed by atoms with Crippen LogP contribution in [0.15, 0.2) is 60.3 Å². The van der Waals surface area contributed by atoms with Crippen LogP contribution in [0.3, 0.4) is 0 Å². The second-order valence-electron chi connectivity index (χ2n) is 11.1. The molecule has 0 bridgehead atoms. The minimum absolute atomic E-state index is 0.00952. The molecule has 2 aromatic carbocycles. The van der Waals surface area contributed by atoms with Crippen LogP contribution in [0.5, 0.6) is 0 Å². The second-order valence-corrected chi connectivity index (χ2v) is 17.4. The molecule has 2 aliphatic rings. The Balaban J connectivity index is 1.57. The van der Waals surface area contributed by atoms with E-state index in [9.17, 15) is 14.9 Å². The summed E-state index contributed by atoms with van der Waals surface area (Å²) < 4.78 is 12.7. The first-order chi connectivity index (χ1) is 17.9. The van der Waals surface area contributed by atoms with Crippen molar-refractivity contribution in [2.45, 2.75) is 70.3 Å². The zero-order valence-electron chi connectivity index (χ0n) is 22.6. The molecule has 2 aliphatic heterocycles. The van der Waals surface area contributed by atoms with Gasteiger partial charge in [-0.25, -0.2) is 0 Å². The molecule has 3 atom stereocenters. The Morgan fingerprint density at radius 1 is 1.16 bits per heavy atom. The van der Waals surface area contributed by atoms with Gasteiger partial charge in [-0.1, -0.05) is 69.8 Å². The minimum Gasteiger partial charge on any atom is -0.477 e. The van der Waals surface area contributed by atoms with E-state index < -0.39 is 13.2 Å². The number of nitrogens with zero attached hydrogens (tertiary/aromatic N) is 2. The number of β-lactam (4-membered cyclic amide) rings is 1. The molecule has 2 heterocycles. The van der Waals surface area contributed by atoms with E-state index >= 15 is 0 Å². The third kappa shape index (κ3) is 5.45. The topological polar surface area (TPSA) is 81.9 Å². The molecule has 1 saturated heterocycles. The number of hydrogen-bond acceptors (Lipinski definition) is 7. The van der Waals surface area contributed by atoms with Crippen molar-refractivity contribution in [3.8, 4) is 0 Å². The van der Waals surface area contributed by atoms with Crippen molar-refractivity contribution in [1.29, 1.82) is 0 Å². The molecule has 2 aromatic rings. The molecule has 202 valence electrons. The Morgan fingerprint density at radius 2 is 1.79 bits per heavy atom. The quantitative estimate of drug-likeness (QED) is 0.104. The first-order valence-electron chi connectivity index (χ1n) is 12.7. The van der Waals surface area contributed by atoms with Crippen molar-refractivity contribution in [2.24, 2.45) is 5.92 Å². The fourth-order valence-electron chi connectivity index (χ4n) is 4.36. The highest BCUT2D eigenvalue weighted by Gasteiger charge is 2.59. The largest absolute Gasteiger partial charge is 0.477 e. The molecular formula is C28H34N2O5S2Si. The lowest BCUT2D eigenvalue weighted by molar-refractivity contribution is -0.384. The zero-order valence-corrected chi connectivity index (χ0v) is 25.2. The summed E-state index contributed by atoms with van der Waals surface area (Å²) in [5.41, 5.74) is 2.37. The number of fused-ring (bicyclic) bond motifs is 1. The maximum Gasteiger partial charge on any atom is 0.269 e. The number of hydrogen-bond donors (Lipinski definition) is 0. The maximum atomic E-state index is 13.7. The molecule has 7 nitrogen and oxygen atoms in total. The molecule has 0 radical (unpaired) electrons. The lowest BCUT2D eigenvalue weighted by Crippen LogP contribution is -2.63. The first kappa shape index (κ1) is 28.5. The summed E-state index contributed by atoms with van der Waals surface area (Å²) in [6.45, 7) is 13.3. The summed E-state index contributed by atoms with van der Waals surface area (Å²) in [4.78, 5) is 26.9. The Morgan fingerprint density at radius 3 is 2.34 bits per heavy atom. The lowest BCUT2D eigenvalue weighted by atomic mass is 9.90. The zero-order chi connectivity index (χ0) is 27.8. The smallest absolute Gasteiger partial charge is 0.269 e. The number of thiocarbonyl (C=S) groups is 1. The highest BCUT2D eigenvalue weighted by molar-refractivity contribution is 8.09. The number of benzene rings is 2. The predicted octanol–water partition coefficient (Wildman–Crippen LogP) is 7.14. The summed E-state index contributed by atoms with van der Waals surface area (Å²) in [6.07, 6.45) is 0.591. The standard InChI is InChI=1S/C28H34N2O5S2Si/c1-7-21(35-38(5,6)28(2,3)4)22-25(31)29-23(24(37-26(22)29)19-11-9-8-10-12-19)27(36)34-17-18-13-15-20(16-14-18)30(32)33/h8-16,21-22,26H,7,17H2,1-6H3/t21-,22+,26+/m0/s1. The molecule has 4 rings (SSSR count). The summed E-state index contributed by atoms with van der Waals surface area (Å²) in [5, 5.41) is 11.1. The van der Waals surface area contributed by atoms with E-state index in [4.69, 9.17) is 21.4 Å². The average molecular weight is 571 g/mol. The number of thioether (sulfide) groups is 1. The average Bonchev–Trinajstić information content (AvgIpc) is 3.22. The number of nitro benzene ring substituents is 1. The van der Waals surface area contributed by atoms with E-state index in [0.717, 1.165) is 22.5 Å². The fraction of sp³-hybridized carbons (Fsp3) is 0.429. The molecular weight excluding hydrogens is 537 g/mol. The van der Waals surface area contributed by atoms with Crippen LogP contribution >= 0.6 is 24.0 Å².